The van der Waals surface area contributed by atoms with E-state index in [1.54, 1.807) is 13.2 Å². The highest BCUT2D eigenvalue weighted by Gasteiger charge is 2.20. The van der Waals surface area contributed by atoms with Crippen LogP contribution in [0.5, 0.6) is 5.75 Å². The molecule has 0 amide bonds. The highest BCUT2D eigenvalue weighted by atomic mass is 35.5. The standard InChI is InChI=1S/C19H14Cl4O/c1-24-11-8-9-12(13-4-2-6-16(20)18(13)22)15(10-11)14-5-3-7-17(21)19(14)23/h3,5-10H,2,4H2,1H3. The summed E-state index contributed by atoms with van der Waals surface area (Å²) in [4.78, 5) is 0. The summed E-state index contributed by atoms with van der Waals surface area (Å²) in [6.45, 7) is 0. The number of rotatable bonds is 3. The van der Waals surface area contributed by atoms with Crippen molar-refractivity contribution in [2.75, 3.05) is 7.11 Å². The third-order valence-electron chi connectivity index (χ3n) is 3.99. The lowest BCUT2D eigenvalue weighted by atomic mass is 9.90. The lowest BCUT2D eigenvalue weighted by Crippen LogP contribution is -1.98. The van der Waals surface area contributed by atoms with Gasteiger partial charge in [0.2, 0.25) is 0 Å². The molecule has 0 heterocycles. The molecule has 3 rings (SSSR count). The summed E-state index contributed by atoms with van der Waals surface area (Å²) in [7, 11) is 1.63. The van der Waals surface area contributed by atoms with E-state index in [0.29, 0.717) is 20.1 Å². The molecular weight excluding hydrogens is 386 g/mol. The Morgan fingerprint density at radius 3 is 2.46 bits per heavy atom. The van der Waals surface area contributed by atoms with E-state index in [2.05, 4.69) is 0 Å². The number of hydrogen-bond acceptors (Lipinski definition) is 1. The molecule has 0 saturated carbocycles. The highest BCUT2D eigenvalue weighted by molar-refractivity contribution is 6.46. The van der Waals surface area contributed by atoms with E-state index in [4.69, 9.17) is 51.1 Å². The highest BCUT2D eigenvalue weighted by Crippen LogP contribution is 2.43. The third-order valence-corrected chi connectivity index (χ3v) is 5.68. The Hall–Kier alpha value is -1.12. The van der Waals surface area contributed by atoms with Crippen molar-refractivity contribution in [1.29, 1.82) is 0 Å². The maximum absolute atomic E-state index is 6.46. The van der Waals surface area contributed by atoms with E-state index in [-0.39, 0.29) is 0 Å². The molecule has 0 spiro atoms. The molecule has 5 heteroatoms. The minimum absolute atomic E-state index is 0.503. The van der Waals surface area contributed by atoms with Crippen molar-refractivity contribution >= 4 is 52.0 Å². The first-order valence-corrected chi connectivity index (χ1v) is 8.91. The predicted octanol–water partition coefficient (Wildman–Crippen LogP) is 7.54. The van der Waals surface area contributed by atoms with E-state index in [9.17, 15) is 0 Å². The molecule has 24 heavy (non-hydrogen) atoms. The number of benzene rings is 2. The zero-order valence-corrected chi connectivity index (χ0v) is 15.9. The van der Waals surface area contributed by atoms with Gasteiger partial charge in [-0.25, -0.2) is 0 Å². The molecule has 0 unspecified atom stereocenters. The van der Waals surface area contributed by atoms with Gasteiger partial charge in [-0.3, -0.25) is 0 Å². The van der Waals surface area contributed by atoms with Gasteiger partial charge in [0.1, 0.15) is 5.75 Å². The number of halogens is 4. The van der Waals surface area contributed by atoms with Crippen LogP contribution in [-0.4, -0.2) is 7.11 Å². The van der Waals surface area contributed by atoms with Gasteiger partial charge in [0.05, 0.1) is 27.2 Å². The first kappa shape index (κ1) is 17.7. The molecule has 1 nitrogen and oxygen atoms in total. The second kappa shape index (κ2) is 7.41. The normalized spacial score (nSPS) is 14.6. The van der Waals surface area contributed by atoms with Gasteiger partial charge in [0.25, 0.3) is 0 Å². The SMILES string of the molecule is COc1ccc(C2=C(Cl)C(Cl)=CCC2)c(-c2cccc(Cl)c2Cl)c1. The average Bonchev–Trinajstić information content (AvgIpc) is 2.59. The average molecular weight is 400 g/mol. The van der Waals surface area contributed by atoms with E-state index in [1.165, 1.54) is 0 Å². The molecule has 0 bridgehead atoms. The zero-order chi connectivity index (χ0) is 17.3. The Morgan fingerprint density at radius 1 is 0.917 bits per heavy atom. The molecule has 1 aliphatic rings. The van der Waals surface area contributed by atoms with Crippen molar-refractivity contribution in [2.45, 2.75) is 12.8 Å². The summed E-state index contributed by atoms with van der Waals surface area (Å²) in [5.74, 6) is 0.735. The van der Waals surface area contributed by atoms with Crippen LogP contribution in [0.15, 0.2) is 52.5 Å². The Labute approximate surface area is 161 Å². The van der Waals surface area contributed by atoms with E-state index >= 15 is 0 Å². The molecule has 0 aliphatic heterocycles. The van der Waals surface area contributed by atoms with Crippen molar-refractivity contribution in [3.8, 4) is 16.9 Å². The smallest absolute Gasteiger partial charge is 0.119 e. The summed E-state index contributed by atoms with van der Waals surface area (Å²) in [5.41, 5.74) is 3.73. The summed E-state index contributed by atoms with van der Waals surface area (Å²) < 4.78 is 5.37. The minimum atomic E-state index is 0.503. The van der Waals surface area contributed by atoms with Gasteiger partial charge in [-0.05, 0) is 47.7 Å². The fraction of sp³-hybridized carbons (Fsp3) is 0.158. The maximum Gasteiger partial charge on any atom is 0.119 e. The van der Waals surface area contributed by atoms with Crippen LogP contribution in [0.1, 0.15) is 18.4 Å². The van der Waals surface area contributed by atoms with Crippen molar-refractivity contribution < 1.29 is 4.74 Å². The van der Waals surface area contributed by atoms with Gasteiger partial charge in [0.15, 0.2) is 0 Å². The van der Waals surface area contributed by atoms with Crippen molar-refractivity contribution in [3.63, 3.8) is 0 Å². The molecule has 1 aliphatic carbocycles. The predicted molar refractivity (Wildman–Crippen MR) is 104 cm³/mol. The van der Waals surface area contributed by atoms with Gasteiger partial charge < -0.3 is 4.74 Å². The second-order valence-corrected chi connectivity index (χ2v) is 6.97. The van der Waals surface area contributed by atoms with Crippen molar-refractivity contribution in [1.82, 2.24) is 0 Å². The zero-order valence-electron chi connectivity index (χ0n) is 12.9. The molecule has 0 N–H and O–H groups in total. The summed E-state index contributed by atoms with van der Waals surface area (Å²) in [6.07, 6.45) is 3.59. The Balaban J connectivity index is 2.27. The summed E-state index contributed by atoms with van der Waals surface area (Å²) in [5, 5.41) is 2.16. The topological polar surface area (TPSA) is 9.23 Å². The fourth-order valence-electron chi connectivity index (χ4n) is 2.79. The molecule has 0 aromatic heterocycles. The minimum Gasteiger partial charge on any atom is -0.497 e. The van der Waals surface area contributed by atoms with Gasteiger partial charge in [-0.2, -0.15) is 0 Å². The van der Waals surface area contributed by atoms with Gasteiger partial charge >= 0.3 is 0 Å². The van der Waals surface area contributed by atoms with Gasteiger partial charge in [0, 0.05) is 5.56 Å². The lowest BCUT2D eigenvalue weighted by molar-refractivity contribution is 0.415. The second-order valence-electron chi connectivity index (χ2n) is 5.40. The Bertz CT molecular complexity index is 852. The van der Waals surface area contributed by atoms with Crippen LogP contribution >= 0.6 is 46.4 Å². The Kier molecular flexibility index (Phi) is 5.46. The molecule has 124 valence electrons. The molecule has 2 aromatic carbocycles. The van der Waals surface area contributed by atoms with Crippen LogP contribution in [-0.2, 0) is 0 Å². The van der Waals surface area contributed by atoms with Crippen molar-refractivity contribution in [3.05, 3.63) is 68.1 Å². The fourth-order valence-corrected chi connectivity index (χ4v) is 3.69. The summed E-state index contributed by atoms with van der Waals surface area (Å²) >= 11 is 25.3. The molecule has 0 saturated heterocycles. The van der Waals surface area contributed by atoms with Crippen LogP contribution < -0.4 is 4.74 Å². The number of allylic oxidation sites excluding steroid dienone is 4. The Morgan fingerprint density at radius 2 is 1.71 bits per heavy atom. The molecular formula is C19H14Cl4O. The lowest BCUT2D eigenvalue weighted by Gasteiger charge is -2.19. The van der Waals surface area contributed by atoms with Gasteiger partial charge in [-0.1, -0.05) is 70.7 Å². The summed E-state index contributed by atoms with van der Waals surface area (Å²) in [6, 6.07) is 11.4. The number of ether oxygens (including phenoxy) is 1. The van der Waals surface area contributed by atoms with E-state index < -0.39 is 0 Å². The third kappa shape index (κ3) is 3.32. The number of methoxy groups -OCH3 is 1. The van der Waals surface area contributed by atoms with Gasteiger partial charge in [-0.15, -0.1) is 0 Å². The van der Waals surface area contributed by atoms with Crippen LogP contribution in [0.3, 0.4) is 0 Å². The van der Waals surface area contributed by atoms with Crippen LogP contribution in [0, 0.1) is 0 Å². The quantitative estimate of drug-likeness (QED) is 0.517. The molecule has 0 atom stereocenters. The molecule has 2 aromatic rings. The van der Waals surface area contributed by atoms with E-state index in [1.807, 2.05) is 36.4 Å². The van der Waals surface area contributed by atoms with Crippen molar-refractivity contribution in [2.24, 2.45) is 0 Å². The van der Waals surface area contributed by atoms with Crippen LogP contribution in [0.25, 0.3) is 16.7 Å². The largest absolute Gasteiger partial charge is 0.497 e. The maximum atomic E-state index is 6.46. The van der Waals surface area contributed by atoms with Crippen LogP contribution in [0.4, 0.5) is 0 Å². The first-order chi connectivity index (χ1) is 11.5. The monoisotopic (exact) mass is 398 g/mol. The number of hydrogen-bond donors (Lipinski definition) is 0. The first-order valence-electron chi connectivity index (χ1n) is 7.40. The molecule has 0 radical (unpaired) electrons. The van der Waals surface area contributed by atoms with Crippen LogP contribution in [0.2, 0.25) is 10.0 Å². The molecule has 0 fully saturated rings. The van der Waals surface area contributed by atoms with E-state index in [0.717, 1.165) is 40.9 Å².